The third-order valence-corrected chi connectivity index (χ3v) is 4.76. The van der Waals surface area contributed by atoms with Crippen LogP contribution in [0.5, 0.6) is 0 Å². The number of aryl methyl sites for hydroxylation is 3. The van der Waals surface area contributed by atoms with Gasteiger partial charge in [0.05, 0.1) is 5.69 Å². The van der Waals surface area contributed by atoms with E-state index in [1.54, 1.807) is 13.0 Å². The summed E-state index contributed by atoms with van der Waals surface area (Å²) in [6.45, 7) is 8.27. The first-order valence-electron chi connectivity index (χ1n) is 9.24. The molecule has 0 spiro atoms. The number of aromatic nitrogens is 3. The summed E-state index contributed by atoms with van der Waals surface area (Å²) < 4.78 is 0. The number of amides is 1. The second-order valence-electron chi connectivity index (χ2n) is 6.95. The highest BCUT2D eigenvalue weighted by Gasteiger charge is 2.10. The number of rotatable bonds is 5. The van der Waals surface area contributed by atoms with Gasteiger partial charge in [0.25, 0.3) is 11.5 Å². The third-order valence-electron chi connectivity index (χ3n) is 4.76. The van der Waals surface area contributed by atoms with Gasteiger partial charge in [-0.25, -0.2) is 4.98 Å². The molecular formula is C22H24N4O2. The molecule has 6 nitrogen and oxygen atoms in total. The maximum absolute atomic E-state index is 12.5. The smallest absolute Gasteiger partial charge is 0.251 e. The van der Waals surface area contributed by atoms with Crippen molar-refractivity contribution in [1.29, 1.82) is 0 Å². The van der Waals surface area contributed by atoms with Gasteiger partial charge in [-0.15, -0.1) is 0 Å². The molecule has 2 aromatic heterocycles. The number of hydrogen-bond donors (Lipinski definition) is 2. The molecule has 144 valence electrons. The molecule has 1 amide bonds. The molecule has 3 rings (SSSR count). The average molecular weight is 376 g/mol. The van der Waals surface area contributed by atoms with Crippen LogP contribution in [0.25, 0.3) is 11.3 Å². The molecule has 0 saturated heterocycles. The molecule has 0 aliphatic rings. The van der Waals surface area contributed by atoms with E-state index in [-0.39, 0.29) is 11.5 Å². The summed E-state index contributed by atoms with van der Waals surface area (Å²) in [6, 6.07) is 10.9. The van der Waals surface area contributed by atoms with E-state index in [4.69, 9.17) is 0 Å². The molecule has 3 aromatic rings. The highest BCUT2D eigenvalue weighted by atomic mass is 16.1. The molecule has 2 N–H and O–H groups in total. The molecular weight excluding hydrogens is 352 g/mol. The molecule has 2 heterocycles. The largest absolute Gasteiger partial charge is 0.352 e. The number of carbonyl (C=O) groups is 1. The van der Waals surface area contributed by atoms with Crippen LogP contribution in [0.15, 0.2) is 41.2 Å². The molecule has 0 fully saturated rings. The van der Waals surface area contributed by atoms with Crippen molar-refractivity contribution in [3.05, 3.63) is 80.7 Å². The summed E-state index contributed by atoms with van der Waals surface area (Å²) in [6.07, 6.45) is 0.459. The van der Waals surface area contributed by atoms with Gasteiger partial charge in [0, 0.05) is 41.5 Å². The molecule has 0 saturated carbocycles. The van der Waals surface area contributed by atoms with Gasteiger partial charge < -0.3 is 10.3 Å². The van der Waals surface area contributed by atoms with Gasteiger partial charge in [-0.1, -0.05) is 12.1 Å². The van der Waals surface area contributed by atoms with E-state index in [0.717, 1.165) is 17.0 Å². The number of carbonyl (C=O) groups excluding carboxylic acids is 1. The zero-order chi connectivity index (χ0) is 20.3. The van der Waals surface area contributed by atoms with Gasteiger partial charge in [-0.3, -0.25) is 14.6 Å². The quantitative estimate of drug-likeness (QED) is 0.716. The average Bonchev–Trinajstić information content (AvgIpc) is 2.65. The van der Waals surface area contributed by atoms with E-state index in [9.17, 15) is 9.59 Å². The van der Waals surface area contributed by atoms with Crippen LogP contribution in [-0.4, -0.2) is 27.4 Å². The van der Waals surface area contributed by atoms with Gasteiger partial charge in [0.15, 0.2) is 0 Å². The molecule has 0 radical (unpaired) electrons. The van der Waals surface area contributed by atoms with Crippen LogP contribution in [0, 0.1) is 27.7 Å². The summed E-state index contributed by atoms with van der Waals surface area (Å²) in [4.78, 5) is 35.6. The molecule has 0 aliphatic carbocycles. The van der Waals surface area contributed by atoms with Crippen LogP contribution in [0.4, 0.5) is 0 Å². The summed E-state index contributed by atoms with van der Waals surface area (Å²) in [5, 5.41) is 2.88. The Morgan fingerprint density at radius 1 is 1.07 bits per heavy atom. The van der Waals surface area contributed by atoms with Crippen LogP contribution in [0.3, 0.4) is 0 Å². The first-order valence-corrected chi connectivity index (χ1v) is 9.24. The Bertz CT molecular complexity index is 1060. The molecule has 0 atom stereocenters. The number of nitrogens with one attached hydrogen (secondary N) is 2. The van der Waals surface area contributed by atoms with Crippen molar-refractivity contribution in [2.24, 2.45) is 0 Å². The lowest BCUT2D eigenvalue weighted by molar-refractivity contribution is 0.0954. The van der Waals surface area contributed by atoms with Gasteiger partial charge >= 0.3 is 0 Å². The van der Waals surface area contributed by atoms with Crippen molar-refractivity contribution in [1.82, 2.24) is 20.3 Å². The second-order valence-corrected chi connectivity index (χ2v) is 6.95. The van der Waals surface area contributed by atoms with Crippen molar-refractivity contribution in [2.45, 2.75) is 34.1 Å². The van der Waals surface area contributed by atoms with Crippen LogP contribution in [-0.2, 0) is 6.42 Å². The maximum atomic E-state index is 12.5. The van der Waals surface area contributed by atoms with Crippen LogP contribution in [0.2, 0.25) is 0 Å². The third kappa shape index (κ3) is 4.52. The summed E-state index contributed by atoms with van der Waals surface area (Å²) in [5.41, 5.74) is 6.16. The Morgan fingerprint density at radius 2 is 1.86 bits per heavy atom. The lowest BCUT2D eigenvalue weighted by Crippen LogP contribution is -2.27. The SMILES string of the molecule is Cc1cc(=O)[nH]c(CCNC(=O)c2cccc(-c3cc(C)c(C)c(C)n3)c2)n1. The molecule has 0 bridgehead atoms. The molecule has 0 unspecified atom stereocenters. The van der Waals surface area contributed by atoms with Crippen LogP contribution >= 0.6 is 0 Å². The number of H-pyrrole nitrogens is 1. The Balaban J connectivity index is 1.71. The monoisotopic (exact) mass is 376 g/mol. The van der Waals surface area contributed by atoms with Crippen molar-refractivity contribution in [2.75, 3.05) is 6.54 Å². The zero-order valence-corrected chi connectivity index (χ0v) is 16.6. The lowest BCUT2D eigenvalue weighted by atomic mass is 10.0. The number of aromatic amines is 1. The predicted molar refractivity (Wildman–Crippen MR) is 110 cm³/mol. The van der Waals surface area contributed by atoms with Gasteiger partial charge in [0.1, 0.15) is 5.82 Å². The lowest BCUT2D eigenvalue weighted by Gasteiger charge is -2.10. The first-order chi connectivity index (χ1) is 13.3. The molecule has 6 heteroatoms. The van der Waals surface area contributed by atoms with E-state index in [2.05, 4.69) is 34.1 Å². The Labute approximate surface area is 164 Å². The minimum atomic E-state index is -0.183. The zero-order valence-electron chi connectivity index (χ0n) is 16.6. The highest BCUT2D eigenvalue weighted by Crippen LogP contribution is 2.22. The number of pyridine rings is 1. The van der Waals surface area contributed by atoms with Crippen molar-refractivity contribution in [3.8, 4) is 11.3 Å². The number of nitrogens with zero attached hydrogens (tertiary/aromatic N) is 2. The maximum Gasteiger partial charge on any atom is 0.251 e. The minimum absolute atomic E-state index is 0.169. The van der Waals surface area contributed by atoms with E-state index in [1.807, 2.05) is 31.2 Å². The van der Waals surface area contributed by atoms with Crippen molar-refractivity contribution >= 4 is 5.91 Å². The fourth-order valence-corrected chi connectivity index (χ4v) is 3.02. The van der Waals surface area contributed by atoms with Gasteiger partial charge in [-0.05, 0) is 57.0 Å². The summed E-state index contributed by atoms with van der Waals surface area (Å²) >= 11 is 0. The van der Waals surface area contributed by atoms with Crippen molar-refractivity contribution in [3.63, 3.8) is 0 Å². The second kappa shape index (κ2) is 8.17. The Morgan fingerprint density at radius 3 is 2.57 bits per heavy atom. The number of hydrogen-bond acceptors (Lipinski definition) is 4. The van der Waals surface area contributed by atoms with E-state index >= 15 is 0 Å². The van der Waals surface area contributed by atoms with Crippen LogP contribution in [0.1, 0.15) is 38.7 Å². The predicted octanol–water partition coefficient (Wildman–Crippen LogP) is 3.04. The Kier molecular flexibility index (Phi) is 5.68. The molecule has 0 aliphatic heterocycles. The topological polar surface area (TPSA) is 87.7 Å². The van der Waals surface area contributed by atoms with Crippen LogP contribution < -0.4 is 10.9 Å². The van der Waals surface area contributed by atoms with E-state index in [1.165, 1.54) is 17.2 Å². The van der Waals surface area contributed by atoms with Crippen molar-refractivity contribution < 1.29 is 4.79 Å². The Hall–Kier alpha value is -3.28. The normalized spacial score (nSPS) is 10.7. The fraction of sp³-hybridized carbons (Fsp3) is 0.273. The highest BCUT2D eigenvalue weighted by molar-refractivity contribution is 5.95. The molecule has 28 heavy (non-hydrogen) atoms. The number of benzene rings is 1. The fourth-order valence-electron chi connectivity index (χ4n) is 3.02. The van der Waals surface area contributed by atoms with Gasteiger partial charge in [0.2, 0.25) is 0 Å². The van der Waals surface area contributed by atoms with Gasteiger partial charge in [-0.2, -0.15) is 0 Å². The van der Waals surface area contributed by atoms with E-state index in [0.29, 0.717) is 30.0 Å². The summed E-state index contributed by atoms with van der Waals surface area (Å²) in [7, 11) is 0. The standard InChI is InChI=1S/C22H24N4O2/c1-13-10-19(25-16(4)15(13)3)17-6-5-7-18(12-17)22(28)23-9-8-20-24-14(2)11-21(27)26-20/h5-7,10-12H,8-9H2,1-4H3,(H,23,28)(H,24,26,27). The van der Waals surface area contributed by atoms with E-state index < -0.39 is 0 Å². The first kappa shape index (κ1) is 19.5. The molecule has 1 aromatic carbocycles. The minimum Gasteiger partial charge on any atom is -0.352 e. The summed E-state index contributed by atoms with van der Waals surface area (Å²) in [5.74, 6) is 0.395.